The van der Waals surface area contributed by atoms with Crippen molar-refractivity contribution < 1.29 is 8.78 Å². The number of rotatable bonds is 4. The zero-order valence-electron chi connectivity index (χ0n) is 16.5. The Morgan fingerprint density at radius 3 is 2.79 bits per heavy atom. The summed E-state index contributed by atoms with van der Waals surface area (Å²) in [5.74, 6) is 2.70. The van der Waals surface area contributed by atoms with Crippen LogP contribution in [0.2, 0.25) is 0 Å². The standard InChI is InChI=1S/C21H25F2N5S/c1-3-17-5-4-8-27(17)21-14(2)11-24-28(19-7-6-16(22)10-18(19)23)26-20(25-21)9-15-12-29-13-15/h6-7,10-11,15,17H,2-5,8-9,12-13H2,1H3/b24-11-,25-21?,26-20-. The van der Waals surface area contributed by atoms with E-state index in [0.29, 0.717) is 29.8 Å². The molecule has 3 heterocycles. The molecule has 0 radical (unpaired) electrons. The largest absolute Gasteiger partial charge is 0.353 e. The van der Waals surface area contributed by atoms with Crippen molar-refractivity contribution in [3.63, 3.8) is 0 Å². The van der Waals surface area contributed by atoms with Crippen molar-refractivity contribution in [3.05, 3.63) is 42.0 Å². The van der Waals surface area contributed by atoms with Gasteiger partial charge in [-0.3, -0.25) is 0 Å². The molecule has 2 saturated heterocycles. The van der Waals surface area contributed by atoms with Crippen LogP contribution in [0, 0.1) is 17.6 Å². The normalized spacial score (nSPS) is 25.8. The van der Waals surface area contributed by atoms with Crippen molar-refractivity contribution in [2.75, 3.05) is 23.2 Å². The first kappa shape index (κ1) is 20.1. The van der Waals surface area contributed by atoms with Gasteiger partial charge in [-0.25, -0.2) is 13.8 Å². The van der Waals surface area contributed by atoms with E-state index in [2.05, 4.69) is 28.6 Å². The minimum absolute atomic E-state index is 0.0854. The summed E-state index contributed by atoms with van der Waals surface area (Å²) in [5.41, 5.74) is 0.760. The number of aliphatic imine (C=N–C) groups is 1. The van der Waals surface area contributed by atoms with Gasteiger partial charge in [-0.1, -0.05) is 13.5 Å². The average molecular weight is 418 g/mol. The summed E-state index contributed by atoms with van der Waals surface area (Å²) < 4.78 is 27.7. The van der Waals surface area contributed by atoms with Crippen LogP contribution in [0.1, 0.15) is 32.6 Å². The van der Waals surface area contributed by atoms with Gasteiger partial charge >= 0.3 is 0 Å². The number of hydrazone groups is 2. The van der Waals surface area contributed by atoms with Crippen LogP contribution in [-0.2, 0) is 0 Å². The van der Waals surface area contributed by atoms with Crippen LogP contribution < -0.4 is 5.12 Å². The SMILES string of the molecule is C=C1/C=N\N(c2ccc(F)cc2F)/N=C(/CC2CSC2)N=C1N1CCCC1CC. The molecule has 154 valence electrons. The van der Waals surface area contributed by atoms with E-state index in [1.807, 2.05) is 11.8 Å². The Bertz CT molecular complexity index is 878. The summed E-state index contributed by atoms with van der Waals surface area (Å²) in [4.78, 5) is 7.20. The van der Waals surface area contributed by atoms with Crippen molar-refractivity contribution in [2.45, 2.75) is 38.6 Å². The second-order valence-corrected chi connectivity index (χ2v) is 8.69. The van der Waals surface area contributed by atoms with E-state index < -0.39 is 11.6 Å². The molecule has 8 heteroatoms. The maximum atomic E-state index is 14.4. The molecular weight excluding hydrogens is 392 g/mol. The van der Waals surface area contributed by atoms with Crippen LogP contribution in [0.4, 0.5) is 14.5 Å². The smallest absolute Gasteiger partial charge is 0.153 e. The van der Waals surface area contributed by atoms with Gasteiger partial charge in [-0.2, -0.15) is 16.9 Å². The average Bonchev–Trinajstić information content (AvgIpc) is 3.12. The first-order valence-corrected chi connectivity index (χ1v) is 11.2. The molecule has 0 spiro atoms. The maximum absolute atomic E-state index is 14.4. The van der Waals surface area contributed by atoms with Crippen LogP contribution in [0.5, 0.6) is 0 Å². The Hall–Kier alpha value is -2.22. The van der Waals surface area contributed by atoms with E-state index in [4.69, 9.17) is 4.99 Å². The van der Waals surface area contributed by atoms with Gasteiger partial charge in [0.15, 0.2) is 11.7 Å². The summed E-state index contributed by atoms with van der Waals surface area (Å²) in [6, 6.07) is 3.81. The number of amidine groups is 2. The number of likely N-dealkylation sites (tertiary alicyclic amines) is 1. The van der Waals surface area contributed by atoms with Crippen molar-refractivity contribution in [1.29, 1.82) is 0 Å². The predicted molar refractivity (Wildman–Crippen MR) is 117 cm³/mol. The number of benzene rings is 1. The van der Waals surface area contributed by atoms with E-state index in [9.17, 15) is 8.78 Å². The Morgan fingerprint density at radius 1 is 1.28 bits per heavy atom. The molecule has 1 aromatic rings. The number of nitrogens with zero attached hydrogens (tertiary/aromatic N) is 5. The van der Waals surface area contributed by atoms with Gasteiger partial charge in [0.2, 0.25) is 0 Å². The van der Waals surface area contributed by atoms with Crippen molar-refractivity contribution in [3.8, 4) is 0 Å². The third kappa shape index (κ3) is 4.37. The Morgan fingerprint density at radius 2 is 2.10 bits per heavy atom. The molecule has 0 amide bonds. The fourth-order valence-corrected chi connectivity index (χ4v) is 4.63. The highest BCUT2D eigenvalue weighted by Gasteiger charge is 2.29. The minimum Gasteiger partial charge on any atom is -0.353 e. The van der Waals surface area contributed by atoms with Crippen LogP contribution >= 0.6 is 11.8 Å². The fraction of sp³-hybridized carbons (Fsp3) is 0.476. The van der Waals surface area contributed by atoms with E-state index >= 15 is 0 Å². The molecule has 2 fully saturated rings. The number of anilines is 1. The fourth-order valence-electron chi connectivity index (χ4n) is 3.83. The zero-order chi connectivity index (χ0) is 20.4. The lowest BCUT2D eigenvalue weighted by molar-refractivity contribution is 0.381. The molecule has 3 aliphatic heterocycles. The zero-order valence-corrected chi connectivity index (χ0v) is 17.3. The van der Waals surface area contributed by atoms with Crippen molar-refractivity contribution in [2.24, 2.45) is 21.1 Å². The second kappa shape index (κ2) is 8.65. The van der Waals surface area contributed by atoms with Crippen molar-refractivity contribution in [1.82, 2.24) is 4.90 Å². The molecule has 4 rings (SSSR count). The lowest BCUT2D eigenvalue weighted by atomic mass is 10.1. The van der Waals surface area contributed by atoms with Crippen LogP contribution in [0.15, 0.2) is 45.5 Å². The number of halogens is 2. The highest BCUT2D eigenvalue weighted by molar-refractivity contribution is 8.00. The summed E-state index contributed by atoms with van der Waals surface area (Å²) in [7, 11) is 0. The van der Waals surface area contributed by atoms with Crippen LogP contribution in [-0.4, -0.2) is 46.9 Å². The number of hydrogen-bond donors (Lipinski definition) is 0. The Labute approximate surface area is 174 Å². The molecule has 0 aliphatic carbocycles. The van der Waals surface area contributed by atoms with Gasteiger partial charge in [0.1, 0.15) is 17.3 Å². The van der Waals surface area contributed by atoms with E-state index in [0.717, 1.165) is 49.2 Å². The van der Waals surface area contributed by atoms with Crippen LogP contribution in [0.25, 0.3) is 0 Å². The lowest BCUT2D eigenvalue weighted by Gasteiger charge is -2.30. The van der Waals surface area contributed by atoms with E-state index in [1.165, 1.54) is 17.3 Å². The Balaban J connectivity index is 1.72. The molecule has 1 aromatic carbocycles. The topological polar surface area (TPSA) is 43.6 Å². The van der Waals surface area contributed by atoms with Crippen molar-refractivity contribution >= 4 is 35.3 Å². The maximum Gasteiger partial charge on any atom is 0.153 e. The van der Waals surface area contributed by atoms with Gasteiger partial charge in [-0.15, -0.1) is 10.2 Å². The summed E-state index contributed by atoms with van der Waals surface area (Å²) in [6.07, 6.45) is 5.57. The highest BCUT2D eigenvalue weighted by atomic mass is 32.2. The van der Waals surface area contributed by atoms with Gasteiger partial charge in [-0.05, 0) is 48.8 Å². The number of thioether (sulfide) groups is 1. The third-order valence-corrected chi connectivity index (χ3v) is 6.89. The molecule has 0 N–H and O–H groups in total. The molecule has 1 atom stereocenters. The quantitative estimate of drug-likeness (QED) is 0.715. The second-order valence-electron chi connectivity index (χ2n) is 7.61. The molecule has 0 aromatic heterocycles. The molecule has 0 saturated carbocycles. The minimum atomic E-state index is -0.717. The highest BCUT2D eigenvalue weighted by Crippen LogP contribution is 2.30. The molecule has 1 unspecified atom stereocenters. The van der Waals surface area contributed by atoms with Gasteiger partial charge in [0.05, 0.1) is 6.21 Å². The lowest BCUT2D eigenvalue weighted by Crippen LogP contribution is -2.38. The summed E-state index contributed by atoms with van der Waals surface area (Å²) in [6.45, 7) is 7.28. The van der Waals surface area contributed by atoms with Crippen LogP contribution in [0.3, 0.4) is 0 Å². The van der Waals surface area contributed by atoms with Gasteiger partial charge in [0, 0.05) is 30.6 Å². The first-order chi connectivity index (χ1) is 14.0. The summed E-state index contributed by atoms with van der Waals surface area (Å²) in [5, 5.41) is 10.1. The Kier molecular flexibility index (Phi) is 5.99. The van der Waals surface area contributed by atoms with Gasteiger partial charge in [0.25, 0.3) is 0 Å². The molecule has 29 heavy (non-hydrogen) atoms. The summed E-state index contributed by atoms with van der Waals surface area (Å²) >= 11 is 1.90. The molecular formula is C21H25F2N5S. The molecule has 3 aliphatic rings. The third-order valence-electron chi connectivity index (χ3n) is 5.48. The van der Waals surface area contributed by atoms with E-state index in [-0.39, 0.29) is 5.69 Å². The molecule has 5 nitrogen and oxygen atoms in total. The predicted octanol–water partition coefficient (Wildman–Crippen LogP) is 4.67. The molecule has 0 bridgehead atoms. The monoisotopic (exact) mass is 417 g/mol. The first-order valence-electron chi connectivity index (χ1n) is 10.0. The van der Waals surface area contributed by atoms with E-state index in [1.54, 1.807) is 6.21 Å². The number of hydrogen-bond acceptors (Lipinski definition) is 6. The van der Waals surface area contributed by atoms with Gasteiger partial charge < -0.3 is 4.90 Å².